The van der Waals surface area contributed by atoms with Crippen molar-refractivity contribution in [1.82, 2.24) is 9.55 Å². The molecule has 0 N–H and O–H groups in total. The largest absolute Gasteiger partial charge is 0.295 e. The number of aryl methyl sites for hydroxylation is 1. The van der Waals surface area contributed by atoms with Crippen molar-refractivity contribution >= 4 is 10.9 Å². The molecule has 0 spiro atoms. The van der Waals surface area contributed by atoms with Crippen molar-refractivity contribution in [1.29, 1.82) is 0 Å². The van der Waals surface area contributed by atoms with Crippen molar-refractivity contribution in [3.05, 3.63) is 64.4 Å². The Labute approximate surface area is 112 Å². The number of nitrogens with zero attached hydrogens (tertiary/aromatic N) is 2. The fourth-order valence-electron chi connectivity index (χ4n) is 2.16. The van der Waals surface area contributed by atoms with Crippen LogP contribution < -0.4 is 5.56 Å². The molecule has 0 radical (unpaired) electrons. The Morgan fingerprint density at radius 2 is 1.95 bits per heavy atom. The van der Waals surface area contributed by atoms with Crippen LogP contribution in [0, 0.1) is 6.92 Å². The molecule has 0 bridgehead atoms. The minimum atomic E-state index is -0.119. The molecule has 0 atom stereocenters. The third-order valence-corrected chi connectivity index (χ3v) is 3.17. The van der Waals surface area contributed by atoms with Gasteiger partial charge in [0.25, 0.3) is 5.56 Å². The summed E-state index contributed by atoms with van der Waals surface area (Å²) in [5, 5.41) is 0.497. The lowest BCUT2D eigenvalue weighted by atomic mass is 10.1. The standard InChI is InChI=1S/C16H14N2O/c1-11-8-9-14-13(10-11)16(19)18(2)15(17-14)12-6-4-3-5-7-12/h3-10H,1-2H3/i9D. The Hall–Kier alpha value is -2.42. The summed E-state index contributed by atoms with van der Waals surface area (Å²) in [4.78, 5) is 17.0. The van der Waals surface area contributed by atoms with Crippen molar-refractivity contribution in [3.8, 4) is 11.4 Å². The molecule has 0 amide bonds. The predicted molar refractivity (Wildman–Crippen MR) is 77.2 cm³/mol. The van der Waals surface area contributed by atoms with E-state index in [0.717, 1.165) is 11.1 Å². The van der Waals surface area contributed by atoms with Gasteiger partial charge in [0.2, 0.25) is 0 Å². The van der Waals surface area contributed by atoms with E-state index in [1.165, 1.54) is 4.57 Å². The zero-order valence-electron chi connectivity index (χ0n) is 11.8. The van der Waals surface area contributed by atoms with Gasteiger partial charge < -0.3 is 0 Å². The number of aromatic nitrogens is 2. The third kappa shape index (κ3) is 1.93. The summed E-state index contributed by atoms with van der Waals surface area (Å²) < 4.78 is 9.56. The van der Waals surface area contributed by atoms with Crippen LogP contribution in [-0.2, 0) is 7.05 Å². The van der Waals surface area contributed by atoms with E-state index in [1.807, 2.05) is 37.3 Å². The highest BCUT2D eigenvalue weighted by atomic mass is 16.1. The second-order valence-corrected chi connectivity index (χ2v) is 4.60. The molecular formula is C16H14N2O. The highest BCUT2D eigenvalue weighted by molar-refractivity contribution is 5.80. The van der Waals surface area contributed by atoms with Gasteiger partial charge in [0.1, 0.15) is 5.82 Å². The van der Waals surface area contributed by atoms with Gasteiger partial charge in [0, 0.05) is 12.6 Å². The topological polar surface area (TPSA) is 34.9 Å². The average molecular weight is 251 g/mol. The van der Waals surface area contributed by atoms with Gasteiger partial charge in [-0.25, -0.2) is 4.98 Å². The summed E-state index contributed by atoms with van der Waals surface area (Å²) in [7, 11) is 1.71. The molecule has 0 unspecified atom stereocenters. The van der Waals surface area contributed by atoms with Gasteiger partial charge in [-0.1, -0.05) is 42.0 Å². The summed E-state index contributed by atoms with van der Waals surface area (Å²) >= 11 is 0. The van der Waals surface area contributed by atoms with Gasteiger partial charge in [0.15, 0.2) is 0 Å². The first kappa shape index (κ1) is 10.5. The summed E-state index contributed by atoms with van der Waals surface area (Å²) in [6, 6.07) is 13.3. The van der Waals surface area contributed by atoms with Crippen LogP contribution in [0.3, 0.4) is 0 Å². The van der Waals surface area contributed by atoms with Crippen LogP contribution in [0.1, 0.15) is 6.93 Å². The van der Waals surface area contributed by atoms with E-state index in [0.29, 0.717) is 16.7 Å². The van der Waals surface area contributed by atoms with E-state index in [9.17, 15) is 4.79 Å². The quantitative estimate of drug-likeness (QED) is 0.666. The Kier molecular flexibility index (Phi) is 2.41. The molecule has 0 aliphatic rings. The van der Waals surface area contributed by atoms with Gasteiger partial charge in [-0.05, 0) is 19.0 Å². The summed E-state index contributed by atoms with van der Waals surface area (Å²) in [6.07, 6.45) is 0. The molecule has 0 aliphatic carbocycles. The fraction of sp³-hybridized carbons (Fsp3) is 0.125. The van der Waals surface area contributed by atoms with Crippen molar-refractivity contribution < 1.29 is 1.37 Å². The first-order valence-electron chi connectivity index (χ1n) is 6.61. The van der Waals surface area contributed by atoms with Crippen LogP contribution in [0.5, 0.6) is 0 Å². The van der Waals surface area contributed by atoms with Gasteiger partial charge in [-0.2, -0.15) is 0 Å². The Morgan fingerprint density at radius 3 is 2.68 bits per heavy atom. The molecule has 1 aromatic heterocycles. The molecule has 3 rings (SSSR count). The van der Waals surface area contributed by atoms with E-state index >= 15 is 0 Å². The van der Waals surface area contributed by atoms with Crippen LogP contribution in [0.2, 0.25) is 0 Å². The molecule has 0 saturated heterocycles. The highest BCUT2D eigenvalue weighted by Crippen LogP contribution is 2.18. The van der Waals surface area contributed by atoms with E-state index in [2.05, 4.69) is 4.98 Å². The second kappa shape index (κ2) is 4.35. The van der Waals surface area contributed by atoms with Crippen molar-refractivity contribution in [3.63, 3.8) is 0 Å². The Balaban J connectivity index is 2.42. The molecule has 3 aromatic rings. The van der Waals surface area contributed by atoms with E-state index in [4.69, 9.17) is 1.37 Å². The maximum atomic E-state index is 12.5. The first-order chi connectivity index (χ1) is 9.58. The normalized spacial score (nSPS) is 11.6. The van der Waals surface area contributed by atoms with Crippen molar-refractivity contribution in [2.24, 2.45) is 7.05 Å². The number of rotatable bonds is 1. The first-order valence-corrected chi connectivity index (χ1v) is 6.11. The van der Waals surface area contributed by atoms with Crippen LogP contribution in [-0.4, -0.2) is 9.55 Å². The molecule has 3 nitrogen and oxygen atoms in total. The van der Waals surface area contributed by atoms with Crippen LogP contribution in [0.15, 0.2) is 53.3 Å². The lowest BCUT2D eigenvalue weighted by Crippen LogP contribution is -2.20. The molecule has 3 heteroatoms. The SMILES string of the molecule is [2H]c1cc(C)cc2c(=O)n(C)c(-c3ccccc3)nc12. The molecule has 2 aromatic carbocycles. The third-order valence-electron chi connectivity index (χ3n) is 3.17. The monoisotopic (exact) mass is 251 g/mol. The summed E-state index contributed by atoms with van der Waals surface area (Å²) in [5.41, 5.74) is 2.10. The molecule has 1 heterocycles. The lowest BCUT2D eigenvalue weighted by Gasteiger charge is -2.09. The van der Waals surface area contributed by atoms with Crippen LogP contribution in [0.4, 0.5) is 0 Å². The van der Waals surface area contributed by atoms with E-state index in [-0.39, 0.29) is 11.6 Å². The molecule has 0 fully saturated rings. The van der Waals surface area contributed by atoms with Gasteiger partial charge in [-0.3, -0.25) is 9.36 Å². The lowest BCUT2D eigenvalue weighted by molar-refractivity contribution is 0.855. The van der Waals surface area contributed by atoms with Crippen LogP contribution in [0.25, 0.3) is 22.3 Å². The molecule has 94 valence electrons. The predicted octanol–water partition coefficient (Wildman–Crippen LogP) is 2.91. The smallest absolute Gasteiger partial charge is 0.261 e. The van der Waals surface area contributed by atoms with Crippen molar-refractivity contribution in [2.45, 2.75) is 6.92 Å². The summed E-state index contributed by atoms with van der Waals surface area (Å²) in [5.74, 6) is 0.584. The minimum Gasteiger partial charge on any atom is -0.295 e. The Bertz CT molecular complexity index is 854. The van der Waals surface area contributed by atoms with Gasteiger partial charge in [0.05, 0.1) is 12.3 Å². The molecular weight excluding hydrogens is 236 g/mol. The minimum absolute atomic E-state index is 0.119. The van der Waals surface area contributed by atoms with Crippen molar-refractivity contribution in [2.75, 3.05) is 0 Å². The molecule has 19 heavy (non-hydrogen) atoms. The van der Waals surface area contributed by atoms with Crippen LogP contribution >= 0.6 is 0 Å². The zero-order chi connectivity index (χ0) is 14.3. The Morgan fingerprint density at radius 1 is 1.21 bits per heavy atom. The molecule has 0 aliphatic heterocycles. The van der Waals surface area contributed by atoms with E-state index < -0.39 is 0 Å². The molecule has 0 saturated carbocycles. The maximum absolute atomic E-state index is 12.5. The number of hydrogen-bond acceptors (Lipinski definition) is 2. The summed E-state index contributed by atoms with van der Waals surface area (Å²) in [6.45, 7) is 1.88. The number of benzene rings is 2. The zero-order valence-corrected chi connectivity index (χ0v) is 10.8. The number of hydrogen-bond donors (Lipinski definition) is 0. The van der Waals surface area contributed by atoms with Gasteiger partial charge >= 0.3 is 0 Å². The fourth-order valence-corrected chi connectivity index (χ4v) is 2.16. The number of fused-ring (bicyclic) bond motifs is 1. The maximum Gasteiger partial charge on any atom is 0.261 e. The van der Waals surface area contributed by atoms with Gasteiger partial charge in [-0.15, -0.1) is 0 Å². The average Bonchev–Trinajstić information content (AvgIpc) is 2.44. The second-order valence-electron chi connectivity index (χ2n) is 4.60. The highest BCUT2D eigenvalue weighted by Gasteiger charge is 2.09. The van der Waals surface area contributed by atoms with E-state index in [1.54, 1.807) is 19.2 Å².